The second-order valence-electron chi connectivity index (χ2n) is 4.10. The van der Waals surface area contributed by atoms with E-state index in [9.17, 15) is 13.5 Å². The van der Waals surface area contributed by atoms with Crippen LogP contribution in [0.4, 0.5) is 0 Å². The predicted molar refractivity (Wildman–Crippen MR) is 67.5 cm³/mol. The molecule has 0 aliphatic rings. The van der Waals surface area contributed by atoms with Gasteiger partial charge in [-0.1, -0.05) is 13.0 Å². The van der Waals surface area contributed by atoms with Crippen LogP contribution in [0.1, 0.15) is 25.3 Å². The van der Waals surface area contributed by atoms with Gasteiger partial charge in [-0.2, -0.15) is 0 Å². The lowest BCUT2D eigenvalue weighted by Crippen LogP contribution is -2.14. The fraction of sp³-hybridized carbons (Fsp3) is 0.583. The third-order valence-corrected chi connectivity index (χ3v) is 4.42. The first-order chi connectivity index (χ1) is 8.03. The molecule has 1 aromatic heterocycles. The molecule has 4 nitrogen and oxygen atoms in total. The zero-order valence-electron chi connectivity index (χ0n) is 10.0. The first-order valence-electron chi connectivity index (χ1n) is 5.81. The van der Waals surface area contributed by atoms with Gasteiger partial charge in [0.1, 0.15) is 9.84 Å². The van der Waals surface area contributed by atoms with Crippen LogP contribution in [0, 0.1) is 0 Å². The van der Waals surface area contributed by atoms with Crippen LogP contribution in [-0.2, 0) is 16.3 Å². The Labute approximate surface area is 103 Å². The SMILES string of the molecule is CCS(=O)(=O)CCCC(O)Cc1cccnc1. The maximum absolute atomic E-state index is 11.2. The molecule has 1 aromatic rings. The minimum absolute atomic E-state index is 0.160. The van der Waals surface area contributed by atoms with E-state index in [1.807, 2.05) is 12.1 Å². The molecule has 0 bridgehead atoms. The molecular weight excluding hydrogens is 238 g/mol. The lowest BCUT2D eigenvalue weighted by Gasteiger charge is -2.10. The maximum Gasteiger partial charge on any atom is 0.150 e. The van der Waals surface area contributed by atoms with E-state index in [2.05, 4.69) is 4.98 Å². The van der Waals surface area contributed by atoms with E-state index in [1.54, 1.807) is 19.3 Å². The van der Waals surface area contributed by atoms with Crippen LogP contribution in [0.5, 0.6) is 0 Å². The van der Waals surface area contributed by atoms with Gasteiger partial charge in [0.15, 0.2) is 0 Å². The third-order valence-electron chi connectivity index (χ3n) is 2.63. The molecule has 0 fully saturated rings. The number of sulfone groups is 1. The fourth-order valence-electron chi connectivity index (χ4n) is 1.58. The molecule has 0 aromatic carbocycles. The highest BCUT2D eigenvalue weighted by molar-refractivity contribution is 7.91. The Hall–Kier alpha value is -0.940. The highest BCUT2D eigenvalue weighted by atomic mass is 32.2. The molecule has 17 heavy (non-hydrogen) atoms. The Morgan fingerprint density at radius 2 is 2.24 bits per heavy atom. The molecule has 5 heteroatoms. The second-order valence-corrected chi connectivity index (χ2v) is 6.57. The van der Waals surface area contributed by atoms with Crippen molar-refractivity contribution in [2.24, 2.45) is 0 Å². The summed E-state index contributed by atoms with van der Waals surface area (Å²) in [4.78, 5) is 3.96. The van der Waals surface area contributed by atoms with E-state index in [-0.39, 0.29) is 11.5 Å². The van der Waals surface area contributed by atoms with Crippen molar-refractivity contribution in [1.82, 2.24) is 4.98 Å². The van der Waals surface area contributed by atoms with Crippen molar-refractivity contribution in [2.45, 2.75) is 32.3 Å². The van der Waals surface area contributed by atoms with E-state index >= 15 is 0 Å². The number of aliphatic hydroxyl groups is 1. The average molecular weight is 257 g/mol. The van der Waals surface area contributed by atoms with Crippen molar-refractivity contribution >= 4 is 9.84 Å². The Balaban J connectivity index is 2.29. The van der Waals surface area contributed by atoms with Crippen LogP contribution in [-0.4, -0.2) is 36.1 Å². The Morgan fingerprint density at radius 3 is 2.82 bits per heavy atom. The van der Waals surface area contributed by atoms with E-state index in [0.717, 1.165) is 5.56 Å². The van der Waals surface area contributed by atoms with Crippen LogP contribution in [0.3, 0.4) is 0 Å². The summed E-state index contributed by atoms with van der Waals surface area (Å²) >= 11 is 0. The molecule has 0 saturated carbocycles. The minimum Gasteiger partial charge on any atom is -0.393 e. The number of hydrogen-bond acceptors (Lipinski definition) is 4. The molecule has 0 aliphatic carbocycles. The highest BCUT2D eigenvalue weighted by Gasteiger charge is 2.10. The summed E-state index contributed by atoms with van der Waals surface area (Å²) in [6, 6.07) is 3.72. The van der Waals surface area contributed by atoms with Gasteiger partial charge in [-0.05, 0) is 30.9 Å². The van der Waals surface area contributed by atoms with Crippen molar-refractivity contribution in [1.29, 1.82) is 0 Å². The molecule has 1 rings (SSSR count). The molecule has 0 spiro atoms. The number of aromatic nitrogens is 1. The number of pyridine rings is 1. The van der Waals surface area contributed by atoms with Crippen molar-refractivity contribution in [3.05, 3.63) is 30.1 Å². The quantitative estimate of drug-likeness (QED) is 0.797. The van der Waals surface area contributed by atoms with Gasteiger partial charge in [0.05, 0.1) is 11.9 Å². The molecule has 0 saturated heterocycles. The van der Waals surface area contributed by atoms with Crippen molar-refractivity contribution in [2.75, 3.05) is 11.5 Å². The maximum atomic E-state index is 11.2. The standard InChI is InChI=1S/C12H19NO3S/c1-2-17(15,16)8-4-6-12(14)9-11-5-3-7-13-10-11/h3,5,7,10,12,14H,2,4,6,8-9H2,1H3. The minimum atomic E-state index is -2.91. The highest BCUT2D eigenvalue weighted by Crippen LogP contribution is 2.07. The molecular formula is C12H19NO3S. The van der Waals surface area contributed by atoms with Gasteiger partial charge in [0.25, 0.3) is 0 Å². The van der Waals surface area contributed by atoms with Gasteiger partial charge in [-0.25, -0.2) is 8.42 Å². The van der Waals surface area contributed by atoms with Gasteiger partial charge < -0.3 is 5.11 Å². The van der Waals surface area contributed by atoms with E-state index < -0.39 is 15.9 Å². The second kappa shape index (κ2) is 6.71. The van der Waals surface area contributed by atoms with Crippen LogP contribution in [0.2, 0.25) is 0 Å². The van der Waals surface area contributed by atoms with Gasteiger partial charge in [0, 0.05) is 18.1 Å². The van der Waals surface area contributed by atoms with E-state index in [1.165, 1.54) is 0 Å². The Kier molecular flexibility index (Phi) is 5.58. The monoisotopic (exact) mass is 257 g/mol. The summed E-state index contributed by atoms with van der Waals surface area (Å²) in [5.41, 5.74) is 0.971. The zero-order valence-corrected chi connectivity index (χ0v) is 10.9. The molecule has 0 radical (unpaired) electrons. The predicted octanol–water partition coefficient (Wildman–Crippen LogP) is 1.20. The fourth-order valence-corrected chi connectivity index (χ4v) is 2.47. The van der Waals surface area contributed by atoms with Crippen LogP contribution < -0.4 is 0 Å². The van der Waals surface area contributed by atoms with Gasteiger partial charge in [-0.15, -0.1) is 0 Å². The topological polar surface area (TPSA) is 67.3 Å². The van der Waals surface area contributed by atoms with Crippen LogP contribution >= 0.6 is 0 Å². The summed E-state index contributed by atoms with van der Waals surface area (Å²) in [5, 5.41) is 9.75. The summed E-state index contributed by atoms with van der Waals surface area (Å²) in [6.07, 6.45) is 4.45. The summed E-state index contributed by atoms with van der Waals surface area (Å²) in [7, 11) is -2.91. The molecule has 1 atom stereocenters. The molecule has 0 amide bonds. The molecule has 1 N–H and O–H groups in total. The van der Waals surface area contributed by atoms with E-state index in [4.69, 9.17) is 0 Å². The van der Waals surface area contributed by atoms with Gasteiger partial charge in [0.2, 0.25) is 0 Å². The van der Waals surface area contributed by atoms with Crippen molar-refractivity contribution in [3.8, 4) is 0 Å². The molecule has 96 valence electrons. The number of nitrogens with zero attached hydrogens (tertiary/aromatic N) is 1. The molecule has 0 aliphatic heterocycles. The zero-order chi connectivity index (χ0) is 12.7. The molecule has 1 heterocycles. The normalized spacial score (nSPS) is 13.5. The number of rotatable bonds is 7. The Bertz CT molecular complexity index is 417. The van der Waals surface area contributed by atoms with E-state index in [0.29, 0.717) is 19.3 Å². The molecule has 1 unspecified atom stereocenters. The van der Waals surface area contributed by atoms with Gasteiger partial charge in [-0.3, -0.25) is 4.98 Å². The summed E-state index contributed by atoms with van der Waals surface area (Å²) in [6.45, 7) is 1.64. The third kappa shape index (κ3) is 5.79. The first-order valence-corrected chi connectivity index (χ1v) is 7.63. The Morgan fingerprint density at radius 1 is 1.47 bits per heavy atom. The summed E-state index contributed by atoms with van der Waals surface area (Å²) < 4.78 is 22.5. The number of aliphatic hydroxyl groups excluding tert-OH is 1. The summed E-state index contributed by atoms with van der Waals surface area (Å²) in [5.74, 6) is 0.333. The average Bonchev–Trinajstić information content (AvgIpc) is 2.30. The largest absolute Gasteiger partial charge is 0.393 e. The first kappa shape index (κ1) is 14.1. The van der Waals surface area contributed by atoms with Crippen LogP contribution in [0.25, 0.3) is 0 Å². The lowest BCUT2D eigenvalue weighted by molar-refractivity contribution is 0.164. The van der Waals surface area contributed by atoms with Crippen LogP contribution in [0.15, 0.2) is 24.5 Å². The van der Waals surface area contributed by atoms with Gasteiger partial charge >= 0.3 is 0 Å². The smallest absolute Gasteiger partial charge is 0.150 e. The van der Waals surface area contributed by atoms with Crippen molar-refractivity contribution in [3.63, 3.8) is 0 Å². The lowest BCUT2D eigenvalue weighted by atomic mass is 10.1. The van der Waals surface area contributed by atoms with Crippen molar-refractivity contribution < 1.29 is 13.5 Å². The number of hydrogen-bond donors (Lipinski definition) is 1.